The number of aryl methyl sites for hydroxylation is 1. The van der Waals surface area contributed by atoms with Crippen molar-refractivity contribution < 1.29 is 4.74 Å². The summed E-state index contributed by atoms with van der Waals surface area (Å²) in [7, 11) is 4.02. The molecule has 0 saturated heterocycles. The summed E-state index contributed by atoms with van der Waals surface area (Å²) in [6.45, 7) is 4.78. The van der Waals surface area contributed by atoms with E-state index < -0.39 is 0 Å². The molecule has 0 amide bonds. The third kappa shape index (κ3) is 5.13. The highest BCUT2D eigenvalue weighted by Gasteiger charge is 2.02. The Morgan fingerprint density at radius 1 is 1.39 bits per heavy atom. The molecule has 5 nitrogen and oxygen atoms in total. The van der Waals surface area contributed by atoms with E-state index in [1.165, 1.54) is 0 Å². The minimum absolute atomic E-state index is 0.564. The Kier molecular flexibility index (Phi) is 6.12. The van der Waals surface area contributed by atoms with Crippen LogP contribution in [0.3, 0.4) is 0 Å². The van der Waals surface area contributed by atoms with E-state index in [1.807, 2.05) is 27.1 Å². The smallest absolute Gasteiger partial charge is 0.144 e. The molecule has 0 aliphatic rings. The zero-order chi connectivity index (χ0) is 13.4. The molecule has 0 aromatic carbocycles. The first-order valence-corrected chi connectivity index (χ1v) is 5.97. The van der Waals surface area contributed by atoms with E-state index in [2.05, 4.69) is 21.3 Å². The van der Waals surface area contributed by atoms with Crippen LogP contribution in [0, 0.1) is 18.3 Å². The van der Waals surface area contributed by atoms with Gasteiger partial charge in [-0.15, -0.1) is 0 Å². The molecule has 0 fully saturated rings. The number of anilines is 1. The summed E-state index contributed by atoms with van der Waals surface area (Å²) in [5, 5.41) is 12.1. The van der Waals surface area contributed by atoms with Crippen molar-refractivity contribution in [3.05, 3.63) is 23.4 Å². The van der Waals surface area contributed by atoms with Gasteiger partial charge in [-0.2, -0.15) is 5.26 Å². The highest BCUT2D eigenvalue weighted by atomic mass is 16.5. The zero-order valence-electron chi connectivity index (χ0n) is 11.2. The van der Waals surface area contributed by atoms with Gasteiger partial charge in [0.25, 0.3) is 0 Å². The summed E-state index contributed by atoms with van der Waals surface area (Å²) >= 11 is 0. The second-order valence-corrected chi connectivity index (χ2v) is 4.30. The van der Waals surface area contributed by atoms with Crippen molar-refractivity contribution in [2.45, 2.75) is 6.92 Å². The second-order valence-electron chi connectivity index (χ2n) is 4.30. The Morgan fingerprint density at radius 2 is 2.17 bits per heavy atom. The van der Waals surface area contributed by atoms with Crippen molar-refractivity contribution in [1.82, 2.24) is 9.88 Å². The number of ether oxygens (including phenoxy) is 1. The highest BCUT2D eigenvalue weighted by molar-refractivity contribution is 5.52. The quantitative estimate of drug-likeness (QED) is 0.736. The number of aromatic nitrogens is 1. The zero-order valence-corrected chi connectivity index (χ0v) is 11.2. The van der Waals surface area contributed by atoms with Crippen molar-refractivity contribution in [2.75, 3.05) is 45.7 Å². The Hall–Kier alpha value is -1.64. The van der Waals surface area contributed by atoms with Crippen molar-refractivity contribution >= 4 is 5.82 Å². The average Bonchev–Trinajstić information content (AvgIpc) is 2.33. The highest BCUT2D eigenvalue weighted by Crippen LogP contribution is 2.11. The van der Waals surface area contributed by atoms with Gasteiger partial charge < -0.3 is 15.0 Å². The molecule has 0 aliphatic carbocycles. The number of rotatable bonds is 7. The number of pyridine rings is 1. The van der Waals surface area contributed by atoms with Crippen LogP contribution in [0.1, 0.15) is 11.3 Å². The maximum Gasteiger partial charge on any atom is 0.144 e. The monoisotopic (exact) mass is 248 g/mol. The molecule has 1 aromatic rings. The van der Waals surface area contributed by atoms with Crippen LogP contribution in [-0.2, 0) is 4.74 Å². The number of nitrogens with zero attached hydrogens (tertiary/aromatic N) is 3. The first-order valence-electron chi connectivity index (χ1n) is 5.97. The van der Waals surface area contributed by atoms with Crippen LogP contribution in [-0.4, -0.2) is 50.3 Å². The third-order valence-corrected chi connectivity index (χ3v) is 2.38. The van der Waals surface area contributed by atoms with Gasteiger partial charge in [0, 0.05) is 18.8 Å². The van der Waals surface area contributed by atoms with E-state index in [-0.39, 0.29) is 0 Å². The molecular weight excluding hydrogens is 228 g/mol. The molecule has 98 valence electrons. The third-order valence-electron chi connectivity index (χ3n) is 2.38. The van der Waals surface area contributed by atoms with Gasteiger partial charge in [0.2, 0.25) is 0 Å². The van der Waals surface area contributed by atoms with Crippen LogP contribution >= 0.6 is 0 Å². The summed E-state index contributed by atoms with van der Waals surface area (Å²) in [6, 6.07) is 5.72. The van der Waals surface area contributed by atoms with Crippen molar-refractivity contribution in [3.8, 4) is 6.07 Å². The number of nitrogens with one attached hydrogen (secondary N) is 1. The van der Waals surface area contributed by atoms with E-state index in [0.29, 0.717) is 31.1 Å². The number of nitriles is 1. The van der Waals surface area contributed by atoms with E-state index in [9.17, 15) is 0 Å². The maximum absolute atomic E-state index is 8.94. The fourth-order valence-electron chi connectivity index (χ4n) is 1.37. The SMILES string of the molecule is Cc1ccc(C#N)c(NCCOCCN(C)C)n1. The van der Waals surface area contributed by atoms with Crippen molar-refractivity contribution in [1.29, 1.82) is 5.26 Å². The topological polar surface area (TPSA) is 61.2 Å². The van der Waals surface area contributed by atoms with E-state index in [4.69, 9.17) is 10.00 Å². The van der Waals surface area contributed by atoms with Crippen LogP contribution in [0.5, 0.6) is 0 Å². The van der Waals surface area contributed by atoms with Gasteiger partial charge in [-0.05, 0) is 33.2 Å². The standard InChI is InChI=1S/C13H20N4O/c1-11-4-5-12(10-14)13(16-11)15-6-8-18-9-7-17(2)3/h4-5H,6-9H2,1-3H3,(H,15,16). The van der Waals surface area contributed by atoms with Crippen LogP contribution in [0.15, 0.2) is 12.1 Å². The molecule has 0 saturated carbocycles. The number of hydrogen-bond acceptors (Lipinski definition) is 5. The first kappa shape index (κ1) is 14.4. The summed E-state index contributed by atoms with van der Waals surface area (Å²) in [6.07, 6.45) is 0. The first-order chi connectivity index (χ1) is 8.63. The van der Waals surface area contributed by atoms with Crippen molar-refractivity contribution in [2.24, 2.45) is 0 Å². The molecule has 18 heavy (non-hydrogen) atoms. The fourth-order valence-corrected chi connectivity index (χ4v) is 1.37. The van der Waals surface area contributed by atoms with Crippen LogP contribution in [0.4, 0.5) is 5.82 Å². The lowest BCUT2D eigenvalue weighted by Gasteiger charge is -2.11. The predicted octanol–water partition coefficient (Wildman–Crippen LogP) is 1.25. The van der Waals surface area contributed by atoms with E-state index >= 15 is 0 Å². The minimum Gasteiger partial charge on any atom is -0.378 e. The summed E-state index contributed by atoms with van der Waals surface area (Å²) in [5.41, 5.74) is 1.46. The van der Waals surface area contributed by atoms with Gasteiger partial charge in [0.1, 0.15) is 11.9 Å². The summed E-state index contributed by atoms with van der Waals surface area (Å²) < 4.78 is 5.46. The minimum atomic E-state index is 0.564. The lowest BCUT2D eigenvalue weighted by atomic mass is 10.2. The number of likely N-dealkylation sites (N-methyl/N-ethyl adjacent to an activating group) is 1. The molecule has 1 rings (SSSR count). The van der Waals surface area contributed by atoms with E-state index in [0.717, 1.165) is 12.2 Å². The van der Waals surface area contributed by atoms with Crippen LogP contribution in [0.25, 0.3) is 0 Å². The second kappa shape index (κ2) is 7.64. The molecular formula is C13H20N4O. The molecule has 0 unspecified atom stereocenters. The van der Waals surface area contributed by atoms with Gasteiger partial charge in [-0.1, -0.05) is 0 Å². The maximum atomic E-state index is 8.94. The molecule has 0 atom stereocenters. The molecule has 0 spiro atoms. The Morgan fingerprint density at radius 3 is 2.83 bits per heavy atom. The fraction of sp³-hybridized carbons (Fsp3) is 0.538. The van der Waals surface area contributed by atoms with E-state index in [1.54, 1.807) is 6.07 Å². The largest absolute Gasteiger partial charge is 0.378 e. The van der Waals surface area contributed by atoms with Gasteiger partial charge >= 0.3 is 0 Å². The Labute approximate surface area is 108 Å². The molecule has 0 radical (unpaired) electrons. The normalized spacial score (nSPS) is 10.4. The molecule has 5 heteroatoms. The lowest BCUT2D eigenvalue weighted by molar-refractivity contribution is 0.126. The van der Waals surface area contributed by atoms with Gasteiger partial charge in [-0.3, -0.25) is 0 Å². The van der Waals surface area contributed by atoms with Crippen LogP contribution in [0.2, 0.25) is 0 Å². The average molecular weight is 248 g/mol. The summed E-state index contributed by atoms with van der Waals surface area (Å²) in [5.74, 6) is 0.633. The Bertz CT molecular complexity index is 412. The predicted molar refractivity (Wildman–Crippen MR) is 71.6 cm³/mol. The van der Waals surface area contributed by atoms with Crippen LogP contribution < -0.4 is 5.32 Å². The van der Waals surface area contributed by atoms with Crippen molar-refractivity contribution in [3.63, 3.8) is 0 Å². The molecule has 0 bridgehead atoms. The van der Waals surface area contributed by atoms with Gasteiger partial charge in [0.15, 0.2) is 0 Å². The number of hydrogen-bond donors (Lipinski definition) is 1. The molecule has 1 heterocycles. The molecule has 0 aliphatic heterocycles. The van der Waals surface area contributed by atoms with Gasteiger partial charge in [-0.25, -0.2) is 4.98 Å². The molecule has 1 aromatic heterocycles. The van der Waals surface area contributed by atoms with Gasteiger partial charge in [0.05, 0.1) is 18.8 Å². The lowest BCUT2D eigenvalue weighted by Crippen LogP contribution is -2.20. The summed E-state index contributed by atoms with van der Waals surface area (Å²) in [4.78, 5) is 6.37. The molecule has 1 N–H and O–H groups in total. The Balaban J connectivity index is 2.31.